The Kier molecular flexibility index (Phi) is 6.04. The summed E-state index contributed by atoms with van der Waals surface area (Å²) in [4.78, 5) is 16.9. The number of rotatable bonds is 7. The molecule has 0 bridgehead atoms. The van der Waals surface area contributed by atoms with Crippen molar-refractivity contribution >= 4 is 39.2 Å². The minimum absolute atomic E-state index is 0.0266. The summed E-state index contributed by atoms with van der Waals surface area (Å²) in [6, 6.07) is 26.2. The summed E-state index contributed by atoms with van der Waals surface area (Å²) >= 11 is 3.45. The van der Waals surface area contributed by atoms with Gasteiger partial charge in [-0.3, -0.25) is 4.79 Å². The lowest BCUT2D eigenvalue weighted by atomic mass is 10.1. The molecule has 0 aliphatic carbocycles. The number of thioether (sulfide) groups is 1. The first-order valence-corrected chi connectivity index (χ1v) is 11.0. The van der Waals surface area contributed by atoms with E-state index >= 15 is 0 Å². The van der Waals surface area contributed by atoms with Gasteiger partial charge in [0, 0.05) is 17.9 Å². The molecule has 0 fully saturated rings. The highest BCUT2D eigenvalue weighted by Crippen LogP contribution is 2.31. The van der Waals surface area contributed by atoms with Crippen LogP contribution >= 0.6 is 23.1 Å². The molecule has 4 aromatic rings. The van der Waals surface area contributed by atoms with Crippen molar-refractivity contribution in [2.45, 2.75) is 16.5 Å². The van der Waals surface area contributed by atoms with Crippen LogP contribution in [0.25, 0.3) is 10.2 Å². The van der Waals surface area contributed by atoms with Crippen molar-refractivity contribution in [3.63, 3.8) is 0 Å². The fraction of sp³-hybridized carbons (Fsp3) is 0.130. The average molecular weight is 405 g/mol. The lowest BCUT2D eigenvalue weighted by Gasteiger charge is -2.06. The Labute approximate surface area is 172 Å². The number of benzene rings is 3. The van der Waals surface area contributed by atoms with Crippen LogP contribution in [0, 0.1) is 0 Å². The lowest BCUT2D eigenvalue weighted by molar-refractivity contribution is 0.0954. The number of fused-ring (bicyclic) bond motifs is 1. The van der Waals surface area contributed by atoms with Gasteiger partial charge in [-0.25, -0.2) is 4.98 Å². The number of aromatic nitrogens is 1. The normalized spacial score (nSPS) is 10.9. The van der Waals surface area contributed by atoms with Gasteiger partial charge in [-0.1, -0.05) is 66.4 Å². The van der Waals surface area contributed by atoms with Crippen molar-refractivity contribution in [3.05, 3.63) is 95.6 Å². The van der Waals surface area contributed by atoms with Crippen molar-refractivity contribution in [3.8, 4) is 0 Å². The second-order valence-corrected chi connectivity index (χ2v) is 8.68. The third-order valence-electron chi connectivity index (χ3n) is 4.39. The summed E-state index contributed by atoms with van der Waals surface area (Å²) in [6.45, 7) is 0.637. The fourth-order valence-corrected chi connectivity index (χ4v) is 4.90. The third-order valence-corrected chi connectivity index (χ3v) is 6.65. The van der Waals surface area contributed by atoms with Gasteiger partial charge in [0.2, 0.25) is 0 Å². The molecule has 0 aliphatic heterocycles. The van der Waals surface area contributed by atoms with E-state index in [0.717, 1.165) is 22.0 Å². The number of nitrogens with one attached hydrogen (secondary N) is 1. The molecule has 1 heterocycles. The monoisotopic (exact) mass is 404 g/mol. The van der Waals surface area contributed by atoms with Crippen molar-refractivity contribution in [2.75, 3.05) is 6.54 Å². The Morgan fingerprint density at radius 3 is 2.43 bits per heavy atom. The van der Waals surface area contributed by atoms with E-state index in [-0.39, 0.29) is 5.91 Å². The first kappa shape index (κ1) is 18.7. The van der Waals surface area contributed by atoms with Gasteiger partial charge in [-0.15, -0.1) is 11.3 Å². The maximum Gasteiger partial charge on any atom is 0.251 e. The SMILES string of the molecule is O=C(NCCc1ccccc1)c1ccc(CSc2nc3ccccc3s2)cc1. The van der Waals surface area contributed by atoms with Gasteiger partial charge in [0.05, 0.1) is 10.2 Å². The van der Waals surface area contributed by atoms with Crippen molar-refractivity contribution in [1.82, 2.24) is 10.3 Å². The summed E-state index contributed by atoms with van der Waals surface area (Å²) < 4.78 is 2.29. The zero-order valence-electron chi connectivity index (χ0n) is 15.3. The van der Waals surface area contributed by atoms with Crippen LogP contribution in [0.15, 0.2) is 83.2 Å². The van der Waals surface area contributed by atoms with Gasteiger partial charge in [0.15, 0.2) is 4.34 Å². The van der Waals surface area contributed by atoms with Gasteiger partial charge in [0.1, 0.15) is 0 Å². The van der Waals surface area contributed by atoms with Crippen LogP contribution in [-0.4, -0.2) is 17.4 Å². The quantitative estimate of drug-likeness (QED) is 0.410. The number of thiazole rings is 1. The highest BCUT2D eigenvalue weighted by molar-refractivity contribution is 8.00. The van der Waals surface area contributed by atoms with Crippen LogP contribution in [0.2, 0.25) is 0 Å². The molecule has 140 valence electrons. The van der Waals surface area contributed by atoms with E-state index in [1.165, 1.54) is 15.8 Å². The van der Waals surface area contributed by atoms with E-state index in [1.807, 2.05) is 60.7 Å². The Hall–Kier alpha value is -2.63. The smallest absolute Gasteiger partial charge is 0.251 e. The van der Waals surface area contributed by atoms with Crippen LogP contribution < -0.4 is 5.32 Å². The van der Waals surface area contributed by atoms with E-state index in [4.69, 9.17) is 0 Å². The van der Waals surface area contributed by atoms with Crippen LogP contribution in [0.4, 0.5) is 0 Å². The topological polar surface area (TPSA) is 42.0 Å². The summed E-state index contributed by atoms with van der Waals surface area (Å²) in [6.07, 6.45) is 0.837. The van der Waals surface area contributed by atoms with Gasteiger partial charge in [0.25, 0.3) is 5.91 Å². The molecule has 0 radical (unpaired) electrons. The van der Waals surface area contributed by atoms with Crippen molar-refractivity contribution in [1.29, 1.82) is 0 Å². The number of nitrogens with zero attached hydrogens (tertiary/aromatic N) is 1. The number of hydrogen-bond donors (Lipinski definition) is 1. The number of hydrogen-bond acceptors (Lipinski definition) is 4. The largest absolute Gasteiger partial charge is 0.352 e. The Bertz CT molecular complexity index is 1030. The number of carbonyl (C=O) groups is 1. The number of amides is 1. The molecular weight excluding hydrogens is 384 g/mol. The summed E-state index contributed by atoms with van der Waals surface area (Å²) in [7, 11) is 0. The first-order valence-electron chi connectivity index (χ1n) is 9.17. The number of carbonyl (C=O) groups excluding carboxylic acids is 1. The zero-order valence-corrected chi connectivity index (χ0v) is 16.9. The molecule has 3 aromatic carbocycles. The van der Waals surface area contributed by atoms with Gasteiger partial charge in [-0.05, 0) is 41.8 Å². The molecule has 0 atom stereocenters. The van der Waals surface area contributed by atoms with Crippen LogP contribution in [0.3, 0.4) is 0 Å². The molecule has 1 amide bonds. The van der Waals surface area contributed by atoms with Crippen LogP contribution in [-0.2, 0) is 12.2 Å². The minimum atomic E-state index is -0.0266. The molecule has 28 heavy (non-hydrogen) atoms. The summed E-state index contributed by atoms with van der Waals surface area (Å²) in [5, 5.41) is 2.99. The van der Waals surface area contributed by atoms with E-state index in [2.05, 4.69) is 28.5 Å². The fourth-order valence-electron chi connectivity index (χ4n) is 2.88. The molecule has 0 saturated carbocycles. The van der Waals surface area contributed by atoms with E-state index in [1.54, 1.807) is 23.1 Å². The molecule has 5 heteroatoms. The van der Waals surface area contributed by atoms with E-state index < -0.39 is 0 Å². The molecule has 1 aromatic heterocycles. The van der Waals surface area contributed by atoms with Gasteiger partial charge >= 0.3 is 0 Å². The molecule has 0 aliphatic rings. The maximum absolute atomic E-state index is 12.3. The zero-order chi connectivity index (χ0) is 19.2. The third kappa shape index (κ3) is 4.80. The Morgan fingerprint density at radius 1 is 0.893 bits per heavy atom. The Morgan fingerprint density at radius 2 is 1.64 bits per heavy atom. The second-order valence-electron chi connectivity index (χ2n) is 6.42. The van der Waals surface area contributed by atoms with Crippen molar-refractivity contribution in [2.24, 2.45) is 0 Å². The molecule has 3 nitrogen and oxygen atoms in total. The van der Waals surface area contributed by atoms with Gasteiger partial charge < -0.3 is 5.32 Å². The van der Waals surface area contributed by atoms with E-state index in [0.29, 0.717) is 12.1 Å². The number of para-hydroxylation sites is 1. The standard InChI is InChI=1S/C23H20N2OS2/c26-22(24-15-14-17-6-2-1-3-7-17)19-12-10-18(11-13-19)16-27-23-25-20-8-4-5-9-21(20)28-23/h1-13H,14-16H2,(H,24,26). The molecule has 0 spiro atoms. The molecule has 1 N–H and O–H groups in total. The lowest BCUT2D eigenvalue weighted by Crippen LogP contribution is -2.25. The average Bonchev–Trinajstić information content (AvgIpc) is 3.16. The predicted molar refractivity (Wildman–Crippen MR) is 118 cm³/mol. The van der Waals surface area contributed by atoms with Crippen LogP contribution in [0.5, 0.6) is 0 Å². The molecule has 4 rings (SSSR count). The molecule has 0 saturated heterocycles. The maximum atomic E-state index is 12.3. The van der Waals surface area contributed by atoms with Crippen molar-refractivity contribution < 1.29 is 4.79 Å². The molecular formula is C23H20N2OS2. The summed E-state index contributed by atoms with van der Waals surface area (Å²) in [5.41, 5.74) is 4.16. The van der Waals surface area contributed by atoms with Crippen LogP contribution in [0.1, 0.15) is 21.5 Å². The first-order chi connectivity index (χ1) is 13.8. The van der Waals surface area contributed by atoms with Gasteiger partial charge in [-0.2, -0.15) is 0 Å². The second kappa shape index (κ2) is 9.04. The highest BCUT2D eigenvalue weighted by Gasteiger charge is 2.07. The Balaban J connectivity index is 1.28. The predicted octanol–water partition coefficient (Wildman–Crippen LogP) is 5.56. The minimum Gasteiger partial charge on any atom is -0.352 e. The summed E-state index contributed by atoms with van der Waals surface area (Å²) in [5.74, 6) is 0.816. The highest BCUT2D eigenvalue weighted by atomic mass is 32.2. The van der Waals surface area contributed by atoms with E-state index in [9.17, 15) is 4.79 Å². The molecule has 0 unspecified atom stereocenters.